The van der Waals surface area contributed by atoms with Gasteiger partial charge < -0.3 is 16.0 Å². The molecule has 3 aromatic carbocycles. The van der Waals surface area contributed by atoms with Crippen molar-refractivity contribution in [2.24, 2.45) is 0 Å². The van der Waals surface area contributed by atoms with E-state index in [-0.39, 0.29) is 23.9 Å². The Morgan fingerprint density at radius 1 is 0.923 bits per heavy atom. The summed E-state index contributed by atoms with van der Waals surface area (Å²) in [6, 6.07) is 15.7. The van der Waals surface area contributed by atoms with Crippen LogP contribution in [0.15, 0.2) is 60.7 Å². The molecule has 8 heteroatoms. The third-order valence-corrected chi connectivity index (χ3v) is 7.78. The molecule has 0 fully saturated rings. The fourth-order valence-electron chi connectivity index (χ4n) is 6.03. The highest BCUT2D eigenvalue weighted by Gasteiger charge is 2.49. The van der Waals surface area contributed by atoms with Crippen molar-refractivity contribution in [2.45, 2.75) is 39.4 Å². The minimum Gasteiger partial charge on any atom is -0.384 e. The van der Waals surface area contributed by atoms with Crippen LogP contribution in [-0.2, 0) is 11.3 Å². The van der Waals surface area contributed by atoms with Gasteiger partial charge in [-0.3, -0.25) is 9.59 Å². The summed E-state index contributed by atoms with van der Waals surface area (Å²) in [4.78, 5) is 32.0. The molecule has 2 amide bonds. The van der Waals surface area contributed by atoms with E-state index in [0.29, 0.717) is 29.1 Å². The Bertz CT molecular complexity index is 1680. The van der Waals surface area contributed by atoms with Crippen LogP contribution in [0.2, 0.25) is 0 Å². The second-order valence-corrected chi connectivity index (χ2v) is 10.2. The number of pyridine rings is 1. The van der Waals surface area contributed by atoms with Crippen LogP contribution in [0.3, 0.4) is 0 Å². The fraction of sp³-hybridized carbons (Fsp3) is 0.194. The van der Waals surface area contributed by atoms with Gasteiger partial charge in [-0.25, -0.2) is 13.8 Å². The average Bonchev–Trinajstić information content (AvgIpc) is 3.40. The van der Waals surface area contributed by atoms with Gasteiger partial charge in [-0.2, -0.15) is 0 Å². The molecule has 0 spiro atoms. The number of fused-ring (bicyclic) bond motifs is 8. The van der Waals surface area contributed by atoms with E-state index in [4.69, 9.17) is 5.73 Å². The number of aryl methyl sites for hydroxylation is 2. The number of anilines is 1. The lowest BCUT2D eigenvalue weighted by Crippen LogP contribution is -2.26. The Labute approximate surface area is 224 Å². The molecule has 2 atom stereocenters. The van der Waals surface area contributed by atoms with E-state index in [2.05, 4.69) is 10.3 Å². The van der Waals surface area contributed by atoms with Crippen LogP contribution in [0, 0.1) is 25.5 Å². The Kier molecular flexibility index (Phi) is 5.71. The lowest BCUT2D eigenvalue weighted by atomic mass is 9.83. The quantitative estimate of drug-likeness (QED) is 0.369. The van der Waals surface area contributed by atoms with Crippen molar-refractivity contribution in [3.63, 3.8) is 0 Å². The first-order chi connectivity index (χ1) is 18.6. The van der Waals surface area contributed by atoms with Gasteiger partial charge >= 0.3 is 0 Å². The SMILES string of the molecule is CC(=O)N1C2c3ccc(-c4ccc(F)cc4F)cc3C1c1ccc(C(=O)NCc3c(C)cc(N)nc3C)cc12. The number of carbonyl (C=O) groups excluding carboxylic acids is 2. The molecule has 2 unspecified atom stereocenters. The molecule has 3 N–H and O–H groups in total. The Balaban J connectivity index is 1.32. The lowest BCUT2D eigenvalue weighted by molar-refractivity contribution is -0.130. The Morgan fingerprint density at radius 2 is 1.62 bits per heavy atom. The maximum atomic E-state index is 14.5. The highest BCUT2D eigenvalue weighted by Crippen LogP contribution is 2.57. The molecule has 4 aromatic rings. The lowest BCUT2D eigenvalue weighted by Gasteiger charge is -2.20. The molecule has 2 aliphatic heterocycles. The molecule has 3 heterocycles. The van der Waals surface area contributed by atoms with Crippen molar-refractivity contribution in [3.8, 4) is 11.1 Å². The van der Waals surface area contributed by atoms with Crippen molar-refractivity contribution in [2.75, 3.05) is 5.73 Å². The van der Waals surface area contributed by atoms with E-state index in [1.54, 1.807) is 23.1 Å². The number of amides is 2. The van der Waals surface area contributed by atoms with Crippen LogP contribution < -0.4 is 11.1 Å². The zero-order valence-electron chi connectivity index (χ0n) is 21.7. The highest BCUT2D eigenvalue weighted by atomic mass is 19.1. The van der Waals surface area contributed by atoms with Crippen LogP contribution >= 0.6 is 0 Å². The van der Waals surface area contributed by atoms with Crippen LogP contribution in [0.4, 0.5) is 14.6 Å². The molecular weight excluding hydrogens is 498 g/mol. The molecule has 2 bridgehead atoms. The van der Waals surface area contributed by atoms with E-state index >= 15 is 0 Å². The average molecular weight is 525 g/mol. The molecule has 2 aliphatic rings. The fourth-order valence-corrected chi connectivity index (χ4v) is 6.03. The summed E-state index contributed by atoms with van der Waals surface area (Å²) in [5, 5.41) is 2.98. The van der Waals surface area contributed by atoms with Crippen LogP contribution in [0.5, 0.6) is 0 Å². The van der Waals surface area contributed by atoms with Gasteiger partial charge in [-0.1, -0.05) is 18.2 Å². The van der Waals surface area contributed by atoms with Crippen LogP contribution in [-0.4, -0.2) is 21.7 Å². The van der Waals surface area contributed by atoms with E-state index < -0.39 is 11.6 Å². The molecule has 39 heavy (non-hydrogen) atoms. The van der Waals surface area contributed by atoms with Gasteiger partial charge in [0.05, 0.1) is 12.1 Å². The largest absolute Gasteiger partial charge is 0.384 e. The van der Waals surface area contributed by atoms with Crippen LogP contribution in [0.1, 0.15) is 68.4 Å². The number of rotatable bonds is 4. The molecule has 6 rings (SSSR count). The number of aromatic nitrogens is 1. The maximum absolute atomic E-state index is 14.5. The van der Waals surface area contributed by atoms with Gasteiger partial charge in [-0.05, 0) is 89.2 Å². The summed E-state index contributed by atoms with van der Waals surface area (Å²) in [7, 11) is 0. The predicted molar refractivity (Wildman–Crippen MR) is 144 cm³/mol. The molecule has 6 nitrogen and oxygen atoms in total. The molecular formula is C31H26F2N4O2. The number of carbonyl (C=O) groups is 2. The minimum atomic E-state index is -0.641. The maximum Gasteiger partial charge on any atom is 0.251 e. The Hall–Kier alpha value is -4.59. The van der Waals surface area contributed by atoms with Crippen molar-refractivity contribution < 1.29 is 18.4 Å². The topological polar surface area (TPSA) is 88.3 Å². The van der Waals surface area contributed by atoms with E-state index in [0.717, 1.165) is 45.1 Å². The van der Waals surface area contributed by atoms with Gasteiger partial charge in [-0.15, -0.1) is 0 Å². The second-order valence-electron chi connectivity index (χ2n) is 10.2. The number of halogens is 2. The van der Waals surface area contributed by atoms with Gasteiger partial charge in [0.1, 0.15) is 17.5 Å². The zero-order valence-corrected chi connectivity index (χ0v) is 21.7. The third kappa shape index (κ3) is 3.94. The summed E-state index contributed by atoms with van der Waals surface area (Å²) >= 11 is 0. The van der Waals surface area contributed by atoms with Gasteiger partial charge in [0.15, 0.2) is 0 Å². The summed E-state index contributed by atoms with van der Waals surface area (Å²) in [5.74, 6) is -1.16. The van der Waals surface area contributed by atoms with Crippen molar-refractivity contribution in [1.82, 2.24) is 15.2 Å². The monoisotopic (exact) mass is 524 g/mol. The van der Waals surface area contributed by atoms with Gasteiger partial charge in [0.25, 0.3) is 5.91 Å². The van der Waals surface area contributed by atoms with E-state index in [1.165, 1.54) is 19.1 Å². The Morgan fingerprint density at radius 3 is 2.28 bits per heavy atom. The predicted octanol–water partition coefficient (Wildman–Crippen LogP) is 5.51. The number of nitrogens with two attached hydrogens (primary N) is 1. The second kappa shape index (κ2) is 9.01. The molecule has 196 valence electrons. The molecule has 0 saturated carbocycles. The number of hydrogen-bond donors (Lipinski definition) is 2. The van der Waals surface area contributed by atoms with Crippen molar-refractivity contribution >= 4 is 17.6 Å². The van der Waals surface area contributed by atoms with Crippen molar-refractivity contribution in [1.29, 1.82) is 0 Å². The van der Waals surface area contributed by atoms with Gasteiger partial charge in [0, 0.05) is 36.4 Å². The van der Waals surface area contributed by atoms with Gasteiger partial charge in [0.2, 0.25) is 5.91 Å². The normalized spacial score (nSPS) is 16.7. The number of benzene rings is 3. The summed E-state index contributed by atoms with van der Waals surface area (Å²) in [6.07, 6.45) is 0. The zero-order chi connectivity index (χ0) is 27.6. The first kappa shape index (κ1) is 24.7. The molecule has 1 aromatic heterocycles. The first-order valence-electron chi connectivity index (χ1n) is 12.7. The molecule has 0 saturated heterocycles. The molecule has 0 radical (unpaired) electrons. The first-order valence-corrected chi connectivity index (χ1v) is 12.7. The number of nitrogens with one attached hydrogen (secondary N) is 1. The van der Waals surface area contributed by atoms with E-state index in [1.807, 2.05) is 38.1 Å². The summed E-state index contributed by atoms with van der Waals surface area (Å²) in [5.41, 5.74) is 13.5. The van der Waals surface area contributed by atoms with Crippen molar-refractivity contribution in [3.05, 3.63) is 117 Å². The number of hydrogen-bond acceptors (Lipinski definition) is 4. The number of nitrogens with zero attached hydrogens (tertiary/aromatic N) is 2. The summed E-state index contributed by atoms with van der Waals surface area (Å²) < 4.78 is 28.0. The van der Waals surface area contributed by atoms with Crippen LogP contribution in [0.25, 0.3) is 11.1 Å². The summed E-state index contributed by atoms with van der Waals surface area (Å²) in [6.45, 7) is 5.64. The number of nitrogen functional groups attached to an aromatic ring is 1. The molecule has 0 aliphatic carbocycles. The van der Waals surface area contributed by atoms with E-state index in [9.17, 15) is 18.4 Å². The third-order valence-electron chi connectivity index (χ3n) is 7.78. The highest BCUT2D eigenvalue weighted by molar-refractivity contribution is 5.95. The smallest absolute Gasteiger partial charge is 0.251 e. The standard InChI is InChI=1S/C31H26F2N4O2/c1-15-10-28(34)36-16(2)26(15)14-35-31(39)19-5-8-23-25(12-19)30-22-7-4-18(21-9-6-20(32)13-27(21)33)11-24(22)29(23)37(30)17(3)38/h4-13,29-30H,14H2,1-3H3,(H2,34,36)(H,35,39). The minimum absolute atomic E-state index is 0.0975.